The van der Waals surface area contributed by atoms with E-state index in [9.17, 15) is 4.79 Å². The van der Waals surface area contributed by atoms with Crippen molar-refractivity contribution in [3.63, 3.8) is 0 Å². The average Bonchev–Trinajstić information content (AvgIpc) is 3.29. The van der Waals surface area contributed by atoms with Crippen LogP contribution in [-0.2, 0) is 4.74 Å². The Morgan fingerprint density at radius 2 is 2.15 bits per heavy atom. The van der Waals surface area contributed by atoms with Gasteiger partial charge in [0.1, 0.15) is 6.33 Å². The van der Waals surface area contributed by atoms with Crippen LogP contribution in [0.4, 0.5) is 10.5 Å². The molecule has 1 aromatic heterocycles. The van der Waals surface area contributed by atoms with Gasteiger partial charge in [-0.05, 0) is 54.3 Å². The number of urea groups is 1. The summed E-state index contributed by atoms with van der Waals surface area (Å²) in [5, 5.41) is 17.2. The van der Waals surface area contributed by atoms with E-state index in [2.05, 4.69) is 26.2 Å². The predicted octanol–water partition coefficient (Wildman–Crippen LogP) is 2.58. The van der Waals surface area contributed by atoms with Crippen LogP contribution in [0.25, 0.3) is 5.69 Å². The van der Waals surface area contributed by atoms with Crippen molar-refractivity contribution in [3.8, 4) is 5.69 Å². The van der Waals surface area contributed by atoms with Crippen molar-refractivity contribution in [3.05, 3.63) is 30.1 Å². The Kier molecular flexibility index (Phi) is 4.58. The standard InChI is InChI=1S/C18H24N6O2/c1-13-5-6-15(24-12-19-22-23-24)9-16(13)21-17(25)20-14-10-18(26-11-14)7-3-2-4-8-18/h5-6,9,12,14H,2-4,7-8,10-11H2,1H3,(H2,20,21,25)/t14-/m1/s1. The number of nitrogens with zero attached hydrogens (tertiary/aromatic N) is 4. The number of carbonyl (C=O) groups excluding carboxylic acids is 1. The van der Waals surface area contributed by atoms with Gasteiger partial charge in [0.05, 0.1) is 23.9 Å². The Hall–Kier alpha value is -2.48. The molecule has 2 aromatic rings. The zero-order valence-electron chi connectivity index (χ0n) is 14.9. The van der Waals surface area contributed by atoms with E-state index >= 15 is 0 Å². The molecular weight excluding hydrogens is 332 g/mol. The van der Waals surface area contributed by atoms with Crippen molar-refractivity contribution < 1.29 is 9.53 Å². The number of amides is 2. The molecule has 2 fully saturated rings. The zero-order valence-corrected chi connectivity index (χ0v) is 14.9. The van der Waals surface area contributed by atoms with Gasteiger partial charge in [0.25, 0.3) is 0 Å². The van der Waals surface area contributed by atoms with Gasteiger partial charge in [0, 0.05) is 5.69 Å². The number of aromatic nitrogens is 4. The Labute approximate surface area is 152 Å². The van der Waals surface area contributed by atoms with Crippen molar-refractivity contribution in [1.82, 2.24) is 25.5 Å². The lowest BCUT2D eigenvalue weighted by Gasteiger charge is -2.32. The van der Waals surface area contributed by atoms with Gasteiger partial charge in [-0.1, -0.05) is 25.3 Å². The number of benzene rings is 1. The van der Waals surface area contributed by atoms with Gasteiger partial charge in [-0.2, -0.15) is 0 Å². The number of nitrogens with one attached hydrogen (secondary N) is 2. The van der Waals surface area contributed by atoms with E-state index in [1.54, 1.807) is 4.68 Å². The molecule has 1 aliphatic heterocycles. The van der Waals surface area contributed by atoms with E-state index in [-0.39, 0.29) is 17.7 Å². The normalized spacial score (nSPS) is 21.7. The maximum atomic E-state index is 12.5. The number of rotatable bonds is 3. The molecule has 1 saturated carbocycles. The molecule has 1 aliphatic carbocycles. The first-order chi connectivity index (χ1) is 12.6. The smallest absolute Gasteiger partial charge is 0.319 e. The summed E-state index contributed by atoms with van der Waals surface area (Å²) in [7, 11) is 0. The summed E-state index contributed by atoms with van der Waals surface area (Å²) in [5.74, 6) is 0. The van der Waals surface area contributed by atoms with Crippen LogP contribution in [-0.4, -0.2) is 44.5 Å². The zero-order chi connectivity index (χ0) is 18.0. The molecule has 26 heavy (non-hydrogen) atoms. The highest BCUT2D eigenvalue weighted by molar-refractivity contribution is 5.90. The highest BCUT2D eigenvalue weighted by Gasteiger charge is 2.41. The summed E-state index contributed by atoms with van der Waals surface area (Å²) < 4.78 is 7.62. The second-order valence-corrected chi connectivity index (χ2v) is 7.31. The van der Waals surface area contributed by atoms with Crippen LogP contribution in [0.2, 0.25) is 0 Å². The molecular formula is C18H24N6O2. The predicted molar refractivity (Wildman–Crippen MR) is 96.2 cm³/mol. The molecule has 2 heterocycles. The highest BCUT2D eigenvalue weighted by Crippen LogP contribution is 2.39. The van der Waals surface area contributed by atoms with Crippen molar-refractivity contribution in [2.45, 2.75) is 57.1 Å². The average molecular weight is 356 g/mol. The van der Waals surface area contributed by atoms with Gasteiger partial charge in [-0.3, -0.25) is 0 Å². The van der Waals surface area contributed by atoms with Gasteiger partial charge in [0.15, 0.2) is 0 Å². The van der Waals surface area contributed by atoms with E-state index in [1.807, 2.05) is 25.1 Å². The minimum atomic E-state index is -0.205. The molecule has 2 amide bonds. The number of carbonyl (C=O) groups is 1. The Balaban J connectivity index is 1.38. The minimum Gasteiger partial charge on any atom is -0.373 e. The third kappa shape index (κ3) is 3.55. The van der Waals surface area contributed by atoms with Crippen LogP contribution in [0.15, 0.2) is 24.5 Å². The first-order valence-electron chi connectivity index (χ1n) is 9.19. The van der Waals surface area contributed by atoms with Gasteiger partial charge in [-0.25, -0.2) is 9.48 Å². The minimum absolute atomic E-state index is 0.00782. The van der Waals surface area contributed by atoms with Crippen molar-refractivity contribution in [2.24, 2.45) is 0 Å². The van der Waals surface area contributed by atoms with Gasteiger partial charge in [-0.15, -0.1) is 5.10 Å². The van der Waals surface area contributed by atoms with E-state index < -0.39 is 0 Å². The van der Waals surface area contributed by atoms with Crippen molar-refractivity contribution >= 4 is 11.7 Å². The summed E-state index contributed by atoms with van der Waals surface area (Å²) in [6, 6.07) is 5.56. The van der Waals surface area contributed by atoms with Crippen LogP contribution < -0.4 is 10.6 Å². The Bertz CT molecular complexity index is 770. The van der Waals surface area contributed by atoms with Gasteiger partial charge in [0.2, 0.25) is 0 Å². The molecule has 0 radical (unpaired) electrons. The fraction of sp³-hybridized carbons (Fsp3) is 0.556. The maximum Gasteiger partial charge on any atom is 0.319 e. The molecule has 138 valence electrons. The lowest BCUT2D eigenvalue weighted by Crippen LogP contribution is -2.39. The largest absolute Gasteiger partial charge is 0.373 e. The number of ether oxygens (including phenoxy) is 1. The first kappa shape index (κ1) is 17.0. The maximum absolute atomic E-state index is 12.5. The van der Waals surface area contributed by atoms with Crippen LogP contribution in [0.5, 0.6) is 0 Å². The molecule has 4 rings (SSSR count). The number of hydrogen-bond donors (Lipinski definition) is 2. The fourth-order valence-electron chi connectivity index (χ4n) is 3.99. The summed E-state index contributed by atoms with van der Waals surface area (Å²) in [6.45, 7) is 2.55. The van der Waals surface area contributed by atoms with E-state index in [1.165, 1.54) is 25.6 Å². The molecule has 2 N–H and O–H groups in total. The molecule has 0 unspecified atom stereocenters. The Morgan fingerprint density at radius 1 is 1.31 bits per heavy atom. The summed E-state index contributed by atoms with van der Waals surface area (Å²) in [4.78, 5) is 12.5. The SMILES string of the molecule is Cc1ccc(-n2cnnn2)cc1NC(=O)N[C@H]1COC2(CCCCC2)C1. The molecule has 0 bridgehead atoms. The van der Waals surface area contributed by atoms with E-state index in [4.69, 9.17) is 4.74 Å². The molecule has 8 nitrogen and oxygen atoms in total. The van der Waals surface area contributed by atoms with Gasteiger partial charge < -0.3 is 15.4 Å². The lowest BCUT2D eigenvalue weighted by atomic mass is 9.82. The lowest BCUT2D eigenvalue weighted by molar-refractivity contribution is -0.0245. The molecule has 8 heteroatoms. The summed E-state index contributed by atoms with van der Waals surface area (Å²) >= 11 is 0. The van der Waals surface area contributed by atoms with Crippen LogP contribution >= 0.6 is 0 Å². The topological polar surface area (TPSA) is 94.0 Å². The Morgan fingerprint density at radius 3 is 2.92 bits per heavy atom. The van der Waals surface area contributed by atoms with Gasteiger partial charge >= 0.3 is 6.03 Å². The second kappa shape index (κ2) is 7.03. The van der Waals surface area contributed by atoms with E-state index in [0.29, 0.717) is 6.61 Å². The third-order valence-electron chi connectivity index (χ3n) is 5.39. The second-order valence-electron chi connectivity index (χ2n) is 7.31. The van der Waals surface area contributed by atoms with Crippen LogP contribution in [0.3, 0.4) is 0 Å². The number of aryl methyl sites for hydroxylation is 1. The number of tetrazole rings is 1. The fourth-order valence-corrected chi connectivity index (χ4v) is 3.99. The molecule has 1 atom stereocenters. The monoisotopic (exact) mass is 356 g/mol. The first-order valence-corrected chi connectivity index (χ1v) is 9.19. The van der Waals surface area contributed by atoms with Crippen LogP contribution in [0.1, 0.15) is 44.1 Å². The van der Waals surface area contributed by atoms with E-state index in [0.717, 1.165) is 36.2 Å². The highest BCUT2D eigenvalue weighted by atomic mass is 16.5. The summed E-state index contributed by atoms with van der Waals surface area (Å²) in [5.41, 5.74) is 2.50. The third-order valence-corrected chi connectivity index (χ3v) is 5.39. The summed E-state index contributed by atoms with van der Waals surface area (Å²) in [6.07, 6.45) is 8.39. The molecule has 1 saturated heterocycles. The van der Waals surface area contributed by atoms with Crippen molar-refractivity contribution in [2.75, 3.05) is 11.9 Å². The van der Waals surface area contributed by atoms with Crippen LogP contribution in [0, 0.1) is 6.92 Å². The molecule has 2 aliphatic rings. The number of anilines is 1. The molecule has 1 aromatic carbocycles. The molecule has 1 spiro atoms. The number of hydrogen-bond acceptors (Lipinski definition) is 5. The van der Waals surface area contributed by atoms with Crippen molar-refractivity contribution in [1.29, 1.82) is 0 Å². The quantitative estimate of drug-likeness (QED) is 0.881.